The Bertz CT molecular complexity index is 321. The van der Waals surface area contributed by atoms with Crippen LogP contribution in [-0.4, -0.2) is 29.6 Å². The average Bonchev–Trinajstić information content (AvgIpc) is 2.42. The number of carbonyl (C=O) groups is 2. The molecule has 0 bridgehead atoms. The van der Waals surface area contributed by atoms with Gasteiger partial charge >= 0.3 is 5.97 Å². The number of nitrogens with one attached hydrogen (secondary N) is 1. The standard InChI is InChI=1S/C16H32N2O3/c1-5-6-12(3)13(4)14(9-16(20)21)18-15(19)8-7-11(2)10-17/h11-14H,5-10,17H2,1-4H3,(H,18,19)(H,20,21). The quantitative estimate of drug-likeness (QED) is 0.546. The van der Waals surface area contributed by atoms with Gasteiger partial charge in [0, 0.05) is 12.5 Å². The molecule has 21 heavy (non-hydrogen) atoms. The highest BCUT2D eigenvalue weighted by Gasteiger charge is 2.26. The van der Waals surface area contributed by atoms with E-state index in [9.17, 15) is 9.59 Å². The van der Waals surface area contributed by atoms with Crippen LogP contribution in [0, 0.1) is 17.8 Å². The first kappa shape index (κ1) is 19.9. The Morgan fingerprint density at radius 2 is 1.81 bits per heavy atom. The lowest BCUT2D eigenvalue weighted by atomic mass is 9.84. The van der Waals surface area contributed by atoms with E-state index in [2.05, 4.69) is 19.2 Å². The fraction of sp³-hybridized carbons (Fsp3) is 0.875. The van der Waals surface area contributed by atoms with E-state index in [4.69, 9.17) is 10.8 Å². The predicted molar refractivity (Wildman–Crippen MR) is 84.9 cm³/mol. The summed E-state index contributed by atoms with van der Waals surface area (Å²) in [5.41, 5.74) is 5.54. The van der Waals surface area contributed by atoms with Gasteiger partial charge in [0.05, 0.1) is 6.42 Å². The molecule has 4 atom stereocenters. The van der Waals surface area contributed by atoms with Gasteiger partial charge in [-0.15, -0.1) is 0 Å². The third-order valence-corrected chi connectivity index (χ3v) is 4.28. The fourth-order valence-electron chi connectivity index (χ4n) is 2.45. The molecule has 4 N–H and O–H groups in total. The van der Waals surface area contributed by atoms with Crippen molar-refractivity contribution in [3.63, 3.8) is 0 Å². The number of hydrogen-bond acceptors (Lipinski definition) is 3. The second-order valence-electron chi connectivity index (χ2n) is 6.28. The third-order valence-electron chi connectivity index (χ3n) is 4.28. The van der Waals surface area contributed by atoms with Gasteiger partial charge < -0.3 is 16.2 Å². The van der Waals surface area contributed by atoms with E-state index in [0.29, 0.717) is 24.8 Å². The Morgan fingerprint density at radius 1 is 1.19 bits per heavy atom. The molecule has 1 amide bonds. The van der Waals surface area contributed by atoms with E-state index >= 15 is 0 Å². The molecule has 0 heterocycles. The SMILES string of the molecule is CCCC(C)C(C)C(CC(=O)O)NC(=O)CCC(C)CN. The zero-order chi connectivity index (χ0) is 16.4. The molecule has 0 saturated carbocycles. The summed E-state index contributed by atoms with van der Waals surface area (Å²) >= 11 is 0. The topological polar surface area (TPSA) is 92.4 Å². The molecule has 0 aromatic heterocycles. The van der Waals surface area contributed by atoms with Crippen molar-refractivity contribution in [1.82, 2.24) is 5.32 Å². The number of carbonyl (C=O) groups excluding carboxylic acids is 1. The monoisotopic (exact) mass is 300 g/mol. The van der Waals surface area contributed by atoms with Crippen LogP contribution in [-0.2, 0) is 9.59 Å². The number of rotatable bonds is 11. The van der Waals surface area contributed by atoms with Crippen LogP contribution in [0.15, 0.2) is 0 Å². The smallest absolute Gasteiger partial charge is 0.305 e. The van der Waals surface area contributed by atoms with Gasteiger partial charge in [-0.25, -0.2) is 0 Å². The van der Waals surface area contributed by atoms with Crippen LogP contribution in [0.1, 0.15) is 59.8 Å². The highest BCUT2D eigenvalue weighted by Crippen LogP contribution is 2.22. The summed E-state index contributed by atoms with van der Waals surface area (Å²) in [5.74, 6) is -0.0899. The summed E-state index contributed by atoms with van der Waals surface area (Å²) in [6.07, 6.45) is 3.22. The van der Waals surface area contributed by atoms with Crippen molar-refractivity contribution in [2.75, 3.05) is 6.54 Å². The summed E-state index contributed by atoms with van der Waals surface area (Å²) in [5, 5.41) is 12.0. The molecule has 0 radical (unpaired) electrons. The summed E-state index contributed by atoms with van der Waals surface area (Å²) in [7, 11) is 0. The molecule has 5 heteroatoms. The van der Waals surface area contributed by atoms with Crippen LogP contribution in [0.4, 0.5) is 0 Å². The van der Waals surface area contributed by atoms with Crippen LogP contribution in [0.2, 0.25) is 0 Å². The molecule has 5 nitrogen and oxygen atoms in total. The van der Waals surface area contributed by atoms with Crippen LogP contribution < -0.4 is 11.1 Å². The van der Waals surface area contributed by atoms with E-state index in [1.165, 1.54) is 0 Å². The minimum absolute atomic E-state index is 0.0204. The van der Waals surface area contributed by atoms with E-state index in [1.807, 2.05) is 13.8 Å². The first-order valence-electron chi connectivity index (χ1n) is 8.02. The third kappa shape index (κ3) is 8.71. The van der Waals surface area contributed by atoms with Gasteiger partial charge in [0.2, 0.25) is 5.91 Å². The zero-order valence-corrected chi connectivity index (χ0v) is 13.9. The Kier molecular flexibility index (Phi) is 10.0. The van der Waals surface area contributed by atoms with Crippen LogP contribution in [0.25, 0.3) is 0 Å². The molecule has 4 unspecified atom stereocenters. The first-order chi connectivity index (χ1) is 9.81. The van der Waals surface area contributed by atoms with Crippen molar-refractivity contribution in [3.8, 4) is 0 Å². The van der Waals surface area contributed by atoms with Gasteiger partial charge in [-0.05, 0) is 30.7 Å². The van der Waals surface area contributed by atoms with Gasteiger partial charge in [-0.2, -0.15) is 0 Å². The molecule has 0 aliphatic rings. The predicted octanol–water partition coefficient (Wildman–Crippen LogP) is 2.39. The van der Waals surface area contributed by atoms with Gasteiger partial charge in [-0.3, -0.25) is 9.59 Å². The van der Waals surface area contributed by atoms with Gasteiger partial charge in [0.1, 0.15) is 0 Å². The Morgan fingerprint density at radius 3 is 2.29 bits per heavy atom. The lowest BCUT2D eigenvalue weighted by molar-refractivity contribution is -0.138. The van der Waals surface area contributed by atoms with Gasteiger partial charge in [0.15, 0.2) is 0 Å². The van der Waals surface area contributed by atoms with Crippen molar-refractivity contribution in [2.45, 2.75) is 65.8 Å². The number of hydrogen-bond donors (Lipinski definition) is 3. The molecular formula is C16H32N2O3. The summed E-state index contributed by atoms with van der Waals surface area (Å²) in [6, 6.07) is -0.301. The molecule has 0 aliphatic carbocycles. The Labute approximate surface area is 128 Å². The van der Waals surface area contributed by atoms with Gasteiger partial charge in [0.25, 0.3) is 0 Å². The molecular weight excluding hydrogens is 268 g/mol. The summed E-state index contributed by atoms with van der Waals surface area (Å²) in [6.45, 7) is 8.83. The maximum Gasteiger partial charge on any atom is 0.305 e. The molecule has 0 aromatic rings. The molecule has 124 valence electrons. The van der Waals surface area contributed by atoms with E-state index in [1.54, 1.807) is 0 Å². The fourth-order valence-corrected chi connectivity index (χ4v) is 2.45. The molecule has 0 fully saturated rings. The molecule has 0 aliphatic heterocycles. The number of nitrogens with two attached hydrogens (primary N) is 1. The maximum absolute atomic E-state index is 12.0. The molecule has 0 spiro atoms. The molecule has 0 aromatic carbocycles. The number of carboxylic acids is 1. The van der Waals surface area contributed by atoms with Crippen LogP contribution in [0.3, 0.4) is 0 Å². The minimum Gasteiger partial charge on any atom is -0.481 e. The molecule has 0 saturated heterocycles. The van der Waals surface area contributed by atoms with Crippen molar-refractivity contribution < 1.29 is 14.7 Å². The average molecular weight is 300 g/mol. The van der Waals surface area contributed by atoms with Crippen molar-refractivity contribution >= 4 is 11.9 Å². The van der Waals surface area contributed by atoms with Gasteiger partial charge in [-0.1, -0.05) is 40.5 Å². The lowest BCUT2D eigenvalue weighted by Gasteiger charge is -2.29. The van der Waals surface area contributed by atoms with Crippen molar-refractivity contribution in [3.05, 3.63) is 0 Å². The largest absolute Gasteiger partial charge is 0.481 e. The summed E-state index contributed by atoms with van der Waals surface area (Å²) < 4.78 is 0. The van der Waals surface area contributed by atoms with Crippen molar-refractivity contribution in [1.29, 1.82) is 0 Å². The minimum atomic E-state index is -0.869. The van der Waals surface area contributed by atoms with E-state index in [0.717, 1.165) is 19.3 Å². The van der Waals surface area contributed by atoms with Crippen LogP contribution >= 0.6 is 0 Å². The number of aliphatic carboxylic acids is 1. The van der Waals surface area contributed by atoms with Crippen molar-refractivity contribution in [2.24, 2.45) is 23.5 Å². The number of amides is 1. The second-order valence-corrected chi connectivity index (χ2v) is 6.28. The zero-order valence-electron chi connectivity index (χ0n) is 13.9. The van der Waals surface area contributed by atoms with Crippen LogP contribution in [0.5, 0.6) is 0 Å². The first-order valence-corrected chi connectivity index (χ1v) is 8.02. The number of carboxylic acid groups (broad SMARTS) is 1. The second kappa shape index (κ2) is 10.6. The Balaban J connectivity index is 4.53. The van der Waals surface area contributed by atoms with E-state index < -0.39 is 5.97 Å². The highest BCUT2D eigenvalue weighted by molar-refractivity contribution is 5.77. The highest BCUT2D eigenvalue weighted by atomic mass is 16.4. The van der Waals surface area contributed by atoms with E-state index in [-0.39, 0.29) is 24.3 Å². The maximum atomic E-state index is 12.0. The lowest BCUT2D eigenvalue weighted by Crippen LogP contribution is -2.43. The Hall–Kier alpha value is -1.10. The summed E-state index contributed by atoms with van der Waals surface area (Å²) in [4.78, 5) is 23.0. The normalized spacial score (nSPS) is 16.8. The molecule has 0 rings (SSSR count).